The average Bonchev–Trinajstić information content (AvgIpc) is 3.08. The molecule has 6 nitrogen and oxygen atoms in total. The van der Waals surface area contributed by atoms with Gasteiger partial charge in [-0.2, -0.15) is 4.98 Å². The molecule has 0 spiro atoms. The van der Waals surface area contributed by atoms with Gasteiger partial charge >= 0.3 is 5.69 Å². The molecule has 0 fully saturated rings. The van der Waals surface area contributed by atoms with E-state index in [1.165, 1.54) is 17.3 Å². The van der Waals surface area contributed by atoms with Crippen molar-refractivity contribution in [2.24, 2.45) is 0 Å². The van der Waals surface area contributed by atoms with Crippen molar-refractivity contribution in [3.8, 4) is 0 Å². The van der Waals surface area contributed by atoms with Gasteiger partial charge in [-0.25, -0.2) is 4.79 Å². The zero-order valence-corrected chi connectivity index (χ0v) is 16.8. The number of aliphatic hydroxyl groups is 1. The number of aromatic nitrogens is 2. The number of nitrogens with zero attached hydrogens (tertiary/aromatic N) is 2. The number of hydrogen-bond donors (Lipinski definition) is 2. The maximum Gasteiger partial charge on any atom is 0.348 e. The standard InChI is InChI=1S/C20H25N3O3S/c1-12-9-13(2)18(14(3)10-12)21-17(25)11-27-19-15-5-4-6-16(15)23(7-8-24)20(26)22-19/h9-10,24H,4-8,11H2,1-3H3,(H,21,25). The molecule has 1 aromatic carbocycles. The van der Waals surface area contributed by atoms with E-state index in [-0.39, 0.29) is 30.5 Å². The van der Waals surface area contributed by atoms with Gasteiger partial charge in [0.15, 0.2) is 0 Å². The molecule has 0 unspecified atom stereocenters. The zero-order chi connectivity index (χ0) is 19.6. The highest BCUT2D eigenvalue weighted by atomic mass is 32.2. The number of aliphatic hydroxyl groups excluding tert-OH is 1. The molecule has 27 heavy (non-hydrogen) atoms. The second-order valence-electron chi connectivity index (χ2n) is 6.96. The molecular weight excluding hydrogens is 362 g/mol. The summed E-state index contributed by atoms with van der Waals surface area (Å²) in [4.78, 5) is 28.9. The first-order valence-electron chi connectivity index (χ1n) is 9.14. The van der Waals surface area contributed by atoms with Crippen LogP contribution in [0.15, 0.2) is 22.0 Å². The van der Waals surface area contributed by atoms with Gasteiger partial charge < -0.3 is 10.4 Å². The molecular formula is C20H25N3O3S. The summed E-state index contributed by atoms with van der Waals surface area (Å²) < 4.78 is 1.56. The summed E-state index contributed by atoms with van der Waals surface area (Å²) in [5.41, 5.74) is 5.75. The van der Waals surface area contributed by atoms with Gasteiger partial charge in [-0.1, -0.05) is 29.5 Å². The van der Waals surface area contributed by atoms with E-state index < -0.39 is 0 Å². The summed E-state index contributed by atoms with van der Waals surface area (Å²) in [6.07, 6.45) is 2.64. The lowest BCUT2D eigenvalue weighted by Gasteiger charge is -2.14. The summed E-state index contributed by atoms with van der Waals surface area (Å²) in [5, 5.41) is 12.8. The van der Waals surface area contributed by atoms with Crippen molar-refractivity contribution in [1.29, 1.82) is 0 Å². The van der Waals surface area contributed by atoms with Crippen molar-refractivity contribution in [2.45, 2.75) is 51.6 Å². The van der Waals surface area contributed by atoms with Crippen molar-refractivity contribution in [3.05, 3.63) is 50.6 Å². The Morgan fingerprint density at radius 1 is 1.26 bits per heavy atom. The number of thioether (sulfide) groups is 1. The average molecular weight is 388 g/mol. The molecule has 1 amide bonds. The Labute approximate surface area is 163 Å². The third-order valence-electron chi connectivity index (χ3n) is 4.81. The quantitative estimate of drug-likeness (QED) is 0.587. The fourth-order valence-corrected chi connectivity index (χ4v) is 4.60. The Balaban J connectivity index is 1.74. The molecule has 1 aromatic heterocycles. The Kier molecular flexibility index (Phi) is 6.01. The van der Waals surface area contributed by atoms with E-state index >= 15 is 0 Å². The third kappa shape index (κ3) is 4.25. The number of nitrogens with one attached hydrogen (secondary N) is 1. The molecule has 1 heterocycles. The maximum absolute atomic E-state index is 12.5. The van der Waals surface area contributed by atoms with Crippen molar-refractivity contribution < 1.29 is 9.90 Å². The molecule has 0 saturated carbocycles. The van der Waals surface area contributed by atoms with Crippen LogP contribution in [0.25, 0.3) is 0 Å². The van der Waals surface area contributed by atoms with Crippen molar-refractivity contribution >= 4 is 23.4 Å². The van der Waals surface area contributed by atoms with E-state index in [0.29, 0.717) is 5.03 Å². The van der Waals surface area contributed by atoms with Gasteiger partial charge in [0.2, 0.25) is 5.91 Å². The van der Waals surface area contributed by atoms with Crippen LogP contribution in [0.5, 0.6) is 0 Å². The van der Waals surface area contributed by atoms with Gasteiger partial charge in [0.25, 0.3) is 0 Å². The van der Waals surface area contributed by atoms with E-state index in [1.807, 2.05) is 32.9 Å². The normalized spacial score (nSPS) is 12.9. The molecule has 1 aliphatic carbocycles. The minimum absolute atomic E-state index is 0.0851. The first-order chi connectivity index (χ1) is 12.9. The summed E-state index contributed by atoms with van der Waals surface area (Å²) in [6, 6.07) is 4.09. The first-order valence-corrected chi connectivity index (χ1v) is 10.1. The number of fused-ring (bicyclic) bond motifs is 1. The lowest BCUT2D eigenvalue weighted by atomic mass is 10.1. The smallest absolute Gasteiger partial charge is 0.348 e. The Morgan fingerprint density at radius 3 is 2.63 bits per heavy atom. The molecule has 0 atom stereocenters. The summed E-state index contributed by atoms with van der Waals surface area (Å²) in [6.45, 7) is 6.19. The number of carbonyl (C=O) groups is 1. The van der Waals surface area contributed by atoms with E-state index in [2.05, 4.69) is 10.3 Å². The number of amides is 1. The van der Waals surface area contributed by atoms with Crippen LogP contribution in [0.4, 0.5) is 5.69 Å². The van der Waals surface area contributed by atoms with Gasteiger partial charge in [-0.3, -0.25) is 9.36 Å². The number of aryl methyl sites for hydroxylation is 3. The van der Waals surface area contributed by atoms with Gasteiger partial charge in [-0.15, -0.1) is 0 Å². The van der Waals surface area contributed by atoms with Crippen molar-refractivity contribution in [3.63, 3.8) is 0 Å². The van der Waals surface area contributed by atoms with Crippen LogP contribution in [0.1, 0.15) is 34.4 Å². The fourth-order valence-electron chi connectivity index (χ4n) is 3.72. The summed E-state index contributed by atoms with van der Waals surface area (Å²) in [5.74, 6) is 0.0958. The van der Waals surface area contributed by atoms with Crippen molar-refractivity contribution in [2.75, 3.05) is 17.7 Å². The minimum atomic E-state index is -0.349. The molecule has 3 rings (SSSR count). The number of hydrogen-bond acceptors (Lipinski definition) is 5. The number of anilines is 1. The molecule has 2 aromatic rings. The first kappa shape index (κ1) is 19.6. The number of benzene rings is 1. The van der Waals surface area contributed by atoms with Crippen LogP contribution in [-0.4, -0.2) is 32.9 Å². The highest BCUT2D eigenvalue weighted by molar-refractivity contribution is 8.00. The molecule has 0 radical (unpaired) electrons. The van der Waals surface area contributed by atoms with Crippen LogP contribution in [0, 0.1) is 20.8 Å². The lowest BCUT2D eigenvalue weighted by molar-refractivity contribution is -0.113. The van der Waals surface area contributed by atoms with Gasteiger partial charge in [0, 0.05) is 16.9 Å². The monoisotopic (exact) mass is 387 g/mol. The van der Waals surface area contributed by atoms with E-state index in [1.54, 1.807) is 4.57 Å². The Hall–Kier alpha value is -2.12. The summed E-state index contributed by atoms with van der Waals surface area (Å²) in [7, 11) is 0. The lowest BCUT2D eigenvalue weighted by Crippen LogP contribution is -2.28. The highest BCUT2D eigenvalue weighted by Gasteiger charge is 2.22. The molecule has 1 aliphatic rings. The SMILES string of the molecule is Cc1cc(C)c(NC(=O)CSc2nc(=O)n(CCO)c3c2CCC3)c(C)c1. The van der Waals surface area contributed by atoms with Crippen LogP contribution in [-0.2, 0) is 24.2 Å². The highest BCUT2D eigenvalue weighted by Crippen LogP contribution is 2.29. The second kappa shape index (κ2) is 8.27. The number of rotatable bonds is 6. The van der Waals surface area contributed by atoms with E-state index in [0.717, 1.165) is 47.3 Å². The largest absolute Gasteiger partial charge is 0.395 e. The predicted molar refractivity (Wildman–Crippen MR) is 108 cm³/mol. The number of carbonyl (C=O) groups excluding carboxylic acids is 1. The Bertz CT molecular complexity index is 914. The third-order valence-corrected chi connectivity index (χ3v) is 5.82. The van der Waals surface area contributed by atoms with Gasteiger partial charge in [0.1, 0.15) is 5.03 Å². The van der Waals surface area contributed by atoms with Crippen LogP contribution in [0.2, 0.25) is 0 Å². The van der Waals surface area contributed by atoms with Crippen molar-refractivity contribution in [1.82, 2.24) is 9.55 Å². The maximum atomic E-state index is 12.5. The molecule has 0 aliphatic heterocycles. The van der Waals surface area contributed by atoms with Gasteiger partial charge in [0.05, 0.1) is 18.9 Å². The fraction of sp³-hybridized carbons (Fsp3) is 0.450. The molecule has 144 valence electrons. The minimum Gasteiger partial charge on any atom is -0.395 e. The molecule has 0 bridgehead atoms. The topological polar surface area (TPSA) is 84.2 Å². The van der Waals surface area contributed by atoms with Crippen LogP contribution >= 0.6 is 11.8 Å². The zero-order valence-electron chi connectivity index (χ0n) is 16.0. The second-order valence-corrected chi connectivity index (χ2v) is 7.93. The van der Waals surface area contributed by atoms with E-state index in [4.69, 9.17) is 0 Å². The van der Waals surface area contributed by atoms with Crippen LogP contribution in [0.3, 0.4) is 0 Å². The molecule has 2 N–H and O–H groups in total. The van der Waals surface area contributed by atoms with Crippen LogP contribution < -0.4 is 11.0 Å². The molecule has 7 heteroatoms. The summed E-state index contributed by atoms with van der Waals surface area (Å²) >= 11 is 1.31. The van der Waals surface area contributed by atoms with Gasteiger partial charge in [-0.05, 0) is 51.2 Å². The molecule has 0 saturated heterocycles. The Morgan fingerprint density at radius 2 is 1.96 bits per heavy atom. The predicted octanol–water partition coefficient (Wildman–Crippen LogP) is 2.38. The van der Waals surface area contributed by atoms with E-state index in [9.17, 15) is 14.7 Å².